The highest BCUT2D eigenvalue weighted by Crippen LogP contribution is 2.18. The van der Waals surface area contributed by atoms with Crippen LogP contribution in [0.5, 0.6) is 0 Å². The second-order valence-electron chi connectivity index (χ2n) is 5.56. The summed E-state index contributed by atoms with van der Waals surface area (Å²) in [5, 5.41) is 3.61. The summed E-state index contributed by atoms with van der Waals surface area (Å²) < 4.78 is 0. The molecule has 1 rings (SSSR count). The van der Waals surface area contributed by atoms with E-state index in [1.807, 2.05) is 18.7 Å². The fourth-order valence-electron chi connectivity index (χ4n) is 2.91. The minimum absolute atomic E-state index is 0.135. The minimum atomic E-state index is 0.135. The van der Waals surface area contributed by atoms with Crippen molar-refractivity contribution in [1.29, 1.82) is 0 Å². The third kappa shape index (κ3) is 5.91. The maximum Gasteiger partial charge on any atom is 0.224 e. The van der Waals surface area contributed by atoms with Crippen LogP contribution in [-0.4, -0.2) is 42.5 Å². The molecule has 4 heteroatoms. The van der Waals surface area contributed by atoms with E-state index in [4.69, 9.17) is 5.73 Å². The number of carbonyl (C=O) groups excluding carboxylic acids is 1. The van der Waals surface area contributed by atoms with Crippen LogP contribution in [0.15, 0.2) is 0 Å². The first-order valence-corrected chi connectivity index (χ1v) is 7.95. The number of amides is 1. The van der Waals surface area contributed by atoms with Crippen LogP contribution >= 0.6 is 0 Å². The van der Waals surface area contributed by atoms with Gasteiger partial charge in [0.05, 0.1) is 0 Å². The Bertz CT molecular complexity index is 246. The fourth-order valence-corrected chi connectivity index (χ4v) is 2.91. The predicted molar refractivity (Wildman–Crippen MR) is 80.0 cm³/mol. The average Bonchev–Trinajstić information content (AvgIpc) is 2.68. The van der Waals surface area contributed by atoms with Gasteiger partial charge in [0.15, 0.2) is 0 Å². The molecule has 112 valence electrons. The van der Waals surface area contributed by atoms with Crippen molar-refractivity contribution in [1.82, 2.24) is 10.2 Å². The maximum absolute atomic E-state index is 12.1. The summed E-state index contributed by atoms with van der Waals surface area (Å²) in [5.74, 6) is 0.224. The van der Waals surface area contributed by atoms with E-state index in [1.165, 1.54) is 38.5 Å². The van der Waals surface area contributed by atoms with Gasteiger partial charge in [-0.15, -0.1) is 0 Å². The predicted octanol–water partition coefficient (Wildman–Crippen LogP) is 1.88. The highest BCUT2D eigenvalue weighted by molar-refractivity contribution is 5.76. The molecule has 19 heavy (non-hydrogen) atoms. The van der Waals surface area contributed by atoms with Gasteiger partial charge in [-0.05, 0) is 26.7 Å². The molecule has 1 aliphatic rings. The highest BCUT2D eigenvalue weighted by atomic mass is 16.2. The van der Waals surface area contributed by atoms with E-state index in [9.17, 15) is 4.79 Å². The Hall–Kier alpha value is -0.610. The Balaban J connectivity index is 2.41. The van der Waals surface area contributed by atoms with Crippen LogP contribution in [0.2, 0.25) is 0 Å². The van der Waals surface area contributed by atoms with Gasteiger partial charge in [0.2, 0.25) is 5.91 Å². The number of hydrogen-bond acceptors (Lipinski definition) is 3. The van der Waals surface area contributed by atoms with Gasteiger partial charge in [0, 0.05) is 38.1 Å². The molecule has 0 saturated heterocycles. The monoisotopic (exact) mass is 269 g/mol. The molecular formula is C15H31N3O. The molecule has 0 aromatic carbocycles. The van der Waals surface area contributed by atoms with Crippen LogP contribution in [0.4, 0.5) is 0 Å². The van der Waals surface area contributed by atoms with Crippen molar-refractivity contribution >= 4 is 5.91 Å². The zero-order chi connectivity index (χ0) is 14.1. The zero-order valence-corrected chi connectivity index (χ0v) is 12.7. The molecule has 1 saturated carbocycles. The third-order valence-corrected chi connectivity index (χ3v) is 4.15. The van der Waals surface area contributed by atoms with Gasteiger partial charge in [-0.3, -0.25) is 4.79 Å². The van der Waals surface area contributed by atoms with Gasteiger partial charge < -0.3 is 16.0 Å². The second kappa shape index (κ2) is 9.32. The lowest BCUT2D eigenvalue weighted by molar-refractivity contribution is -0.131. The first-order chi connectivity index (χ1) is 9.21. The van der Waals surface area contributed by atoms with Gasteiger partial charge >= 0.3 is 0 Å². The van der Waals surface area contributed by atoms with Crippen molar-refractivity contribution in [3.05, 3.63) is 0 Å². The largest absolute Gasteiger partial charge is 0.343 e. The SMILES string of the molecule is CCN(CC)C(=O)CC(CN)NC1CCCCCC1. The third-order valence-electron chi connectivity index (χ3n) is 4.15. The number of hydrogen-bond donors (Lipinski definition) is 2. The minimum Gasteiger partial charge on any atom is -0.343 e. The molecule has 0 aromatic rings. The molecule has 1 aliphatic carbocycles. The van der Waals surface area contributed by atoms with E-state index in [1.54, 1.807) is 0 Å². The van der Waals surface area contributed by atoms with Gasteiger partial charge in [-0.1, -0.05) is 25.7 Å². The molecule has 0 bridgehead atoms. The summed E-state index contributed by atoms with van der Waals surface area (Å²) >= 11 is 0. The molecule has 0 radical (unpaired) electrons. The van der Waals surface area contributed by atoms with Crippen molar-refractivity contribution in [2.75, 3.05) is 19.6 Å². The molecule has 1 amide bonds. The van der Waals surface area contributed by atoms with E-state index < -0.39 is 0 Å². The molecular weight excluding hydrogens is 238 g/mol. The van der Waals surface area contributed by atoms with Crippen LogP contribution in [0.3, 0.4) is 0 Å². The molecule has 4 nitrogen and oxygen atoms in total. The summed E-state index contributed by atoms with van der Waals surface area (Å²) in [6.45, 7) is 6.17. The Morgan fingerprint density at radius 2 is 1.79 bits per heavy atom. The molecule has 1 fully saturated rings. The Morgan fingerprint density at radius 3 is 2.26 bits per heavy atom. The van der Waals surface area contributed by atoms with Crippen molar-refractivity contribution in [2.24, 2.45) is 5.73 Å². The number of nitrogens with one attached hydrogen (secondary N) is 1. The molecule has 0 aromatic heterocycles. The van der Waals surface area contributed by atoms with Crippen molar-refractivity contribution < 1.29 is 4.79 Å². The van der Waals surface area contributed by atoms with E-state index in [0.29, 0.717) is 19.0 Å². The molecule has 1 unspecified atom stereocenters. The molecule has 0 aliphatic heterocycles. The molecule has 3 N–H and O–H groups in total. The Labute approximate surface area is 118 Å². The van der Waals surface area contributed by atoms with Crippen molar-refractivity contribution in [3.8, 4) is 0 Å². The highest BCUT2D eigenvalue weighted by Gasteiger charge is 2.20. The van der Waals surface area contributed by atoms with Gasteiger partial charge in [-0.25, -0.2) is 0 Å². The van der Waals surface area contributed by atoms with Crippen LogP contribution in [-0.2, 0) is 4.79 Å². The average molecular weight is 269 g/mol. The van der Waals surface area contributed by atoms with Crippen molar-refractivity contribution in [3.63, 3.8) is 0 Å². The number of nitrogens with two attached hydrogens (primary N) is 1. The Morgan fingerprint density at radius 1 is 1.21 bits per heavy atom. The van der Waals surface area contributed by atoms with Crippen LogP contribution in [0.25, 0.3) is 0 Å². The topological polar surface area (TPSA) is 58.4 Å². The smallest absolute Gasteiger partial charge is 0.224 e. The van der Waals surface area contributed by atoms with Gasteiger partial charge in [0.25, 0.3) is 0 Å². The summed E-state index contributed by atoms with van der Waals surface area (Å²) in [5.41, 5.74) is 5.83. The fraction of sp³-hybridized carbons (Fsp3) is 0.933. The molecule has 1 atom stereocenters. The quantitative estimate of drug-likeness (QED) is 0.694. The lowest BCUT2D eigenvalue weighted by Gasteiger charge is -2.26. The summed E-state index contributed by atoms with van der Waals surface area (Å²) in [6.07, 6.45) is 8.31. The first-order valence-electron chi connectivity index (χ1n) is 7.95. The first kappa shape index (κ1) is 16.4. The number of rotatable bonds is 7. The second-order valence-corrected chi connectivity index (χ2v) is 5.56. The normalized spacial score (nSPS) is 18.9. The summed E-state index contributed by atoms with van der Waals surface area (Å²) in [4.78, 5) is 14.0. The van der Waals surface area contributed by atoms with Gasteiger partial charge in [0.1, 0.15) is 0 Å². The number of nitrogens with zero attached hydrogens (tertiary/aromatic N) is 1. The van der Waals surface area contributed by atoms with Crippen LogP contribution in [0.1, 0.15) is 58.8 Å². The number of carbonyl (C=O) groups is 1. The summed E-state index contributed by atoms with van der Waals surface area (Å²) in [6, 6.07) is 0.691. The maximum atomic E-state index is 12.1. The molecule has 0 heterocycles. The standard InChI is InChI=1S/C15H31N3O/c1-3-18(4-2)15(19)11-14(12-16)17-13-9-7-5-6-8-10-13/h13-14,17H,3-12,16H2,1-2H3. The van der Waals surface area contributed by atoms with Crippen molar-refractivity contribution in [2.45, 2.75) is 70.9 Å². The van der Waals surface area contributed by atoms with E-state index in [0.717, 1.165) is 13.1 Å². The zero-order valence-electron chi connectivity index (χ0n) is 12.7. The molecule has 0 spiro atoms. The lowest BCUT2D eigenvalue weighted by Crippen LogP contribution is -2.46. The van der Waals surface area contributed by atoms with E-state index >= 15 is 0 Å². The Kier molecular flexibility index (Phi) is 8.07. The lowest BCUT2D eigenvalue weighted by atomic mass is 10.1. The van der Waals surface area contributed by atoms with Crippen LogP contribution < -0.4 is 11.1 Å². The van der Waals surface area contributed by atoms with E-state index in [-0.39, 0.29) is 11.9 Å². The van der Waals surface area contributed by atoms with Crippen LogP contribution in [0, 0.1) is 0 Å². The summed E-state index contributed by atoms with van der Waals surface area (Å²) in [7, 11) is 0. The van der Waals surface area contributed by atoms with E-state index in [2.05, 4.69) is 5.32 Å². The van der Waals surface area contributed by atoms with Gasteiger partial charge in [-0.2, -0.15) is 0 Å².